The third-order valence-corrected chi connectivity index (χ3v) is 3.90. The summed E-state index contributed by atoms with van der Waals surface area (Å²) in [6.07, 6.45) is 0. The molecule has 2 aromatic carbocycles. The van der Waals surface area contributed by atoms with Gasteiger partial charge < -0.3 is 10.1 Å². The molecule has 1 amide bonds. The van der Waals surface area contributed by atoms with Gasteiger partial charge in [0, 0.05) is 18.7 Å². The SMILES string of the molecule is Cc1cccc(OCCN(C)CC(=O)Nc2ccc([N+](=O)[O-])cc2Cl)c1. The summed E-state index contributed by atoms with van der Waals surface area (Å²) in [5.74, 6) is 0.527. The van der Waals surface area contributed by atoms with E-state index in [0.29, 0.717) is 18.8 Å². The average Bonchev–Trinajstić information content (AvgIpc) is 2.56. The number of likely N-dealkylation sites (N-methyl/N-ethyl adjacent to an activating group) is 1. The van der Waals surface area contributed by atoms with Gasteiger partial charge in [0.15, 0.2) is 0 Å². The van der Waals surface area contributed by atoms with Crippen LogP contribution in [0.15, 0.2) is 42.5 Å². The molecule has 7 nitrogen and oxygen atoms in total. The molecule has 0 saturated carbocycles. The molecule has 2 rings (SSSR count). The molecule has 0 aliphatic carbocycles. The van der Waals surface area contributed by atoms with Crippen molar-refractivity contribution in [3.63, 3.8) is 0 Å². The lowest BCUT2D eigenvalue weighted by Gasteiger charge is -2.17. The van der Waals surface area contributed by atoms with E-state index in [0.717, 1.165) is 11.3 Å². The predicted molar refractivity (Wildman–Crippen MR) is 101 cm³/mol. The second-order valence-electron chi connectivity index (χ2n) is 5.87. The molecule has 0 aromatic heterocycles. The van der Waals surface area contributed by atoms with E-state index in [1.807, 2.05) is 36.1 Å². The van der Waals surface area contributed by atoms with E-state index in [4.69, 9.17) is 16.3 Å². The van der Waals surface area contributed by atoms with Gasteiger partial charge in [-0.1, -0.05) is 23.7 Å². The number of nitro groups is 1. The molecule has 0 fully saturated rings. The number of benzene rings is 2. The van der Waals surface area contributed by atoms with Crippen LogP contribution in [0.1, 0.15) is 5.56 Å². The van der Waals surface area contributed by atoms with Crippen molar-refractivity contribution in [1.29, 1.82) is 0 Å². The molecule has 0 radical (unpaired) electrons. The van der Waals surface area contributed by atoms with Crippen LogP contribution in [0.4, 0.5) is 11.4 Å². The fourth-order valence-corrected chi connectivity index (χ4v) is 2.48. The van der Waals surface area contributed by atoms with Crippen molar-refractivity contribution in [2.24, 2.45) is 0 Å². The summed E-state index contributed by atoms with van der Waals surface area (Å²) in [4.78, 5) is 24.0. The number of hydrogen-bond acceptors (Lipinski definition) is 5. The van der Waals surface area contributed by atoms with Crippen molar-refractivity contribution < 1.29 is 14.5 Å². The molecule has 0 aliphatic rings. The molecule has 0 unspecified atom stereocenters. The molecule has 0 atom stereocenters. The number of aryl methyl sites for hydroxylation is 1. The summed E-state index contributed by atoms with van der Waals surface area (Å²) in [5.41, 5.74) is 1.33. The minimum atomic E-state index is -0.542. The van der Waals surface area contributed by atoms with E-state index in [9.17, 15) is 14.9 Å². The lowest BCUT2D eigenvalue weighted by Crippen LogP contribution is -2.33. The number of rotatable bonds is 8. The number of ether oxygens (including phenoxy) is 1. The largest absolute Gasteiger partial charge is 0.492 e. The van der Waals surface area contributed by atoms with Gasteiger partial charge in [-0.15, -0.1) is 0 Å². The molecule has 0 bridgehead atoms. The van der Waals surface area contributed by atoms with Crippen LogP contribution in [0.5, 0.6) is 5.75 Å². The van der Waals surface area contributed by atoms with Crippen LogP contribution in [-0.2, 0) is 4.79 Å². The highest BCUT2D eigenvalue weighted by Crippen LogP contribution is 2.26. The van der Waals surface area contributed by atoms with Crippen molar-refractivity contribution >= 4 is 28.9 Å². The zero-order valence-corrected chi connectivity index (χ0v) is 15.3. The summed E-state index contributed by atoms with van der Waals surface area (Å²) in [6, 6.07) is 11.7. The summed E-state index contributed by atoms with van der Waals surface area (Å²) < 4.78 is 5.65. The molecule has 0 heterocycles. The van der Waals surface area contributed by atoms with Gasteiger partial charge in [-0.2, -0.15) is 0 Å². The second-order valence-corrected chi connectivity index (χ2v) is 6.28. The highest BCUT2D eigenvalue weighted by molar-refractivity contribution is 6.34. The number of carbonyl (C=O) groups excluding carboxylic acids is 1. The first kappa shape index (κ1) is 19.7. The number of carbonyl (C=O) groups is 1. The Balaban J connectivity index is 1.79. The first-order chi connectivity index (χ1) is 12.3. The maximum absolute atomic E-state index is 12.1. The Morgan fingerprint density at radius 1 is 1.31 bits per heavy atom. The van der Waals surface area contributed by atoms with Gasteiger partial charge in [-0.25, -0.2) is 0 Å². The van der Waals surface area contributed by atoms with E-state index in [1.165, 1.54) is 18.2 Å². The van der Waals surface area contributed by atoms with Crippen LogP contribution in [0.2, 0.25) is 5.02 Å². The third-order valence-electron chi connectivity index (χ3n) is 3.58. The zero-order valence-electron chi connectivity index (χ0n) is 14.6. The monoisotopic (exact) mass is 377 g/mol. The summed E-state index contributed by atoms with van der Waals surface area (Å²) in [6.45, 7) is 3.15. The summed E-state index contributed by atoms with van der Waals surface area (Å²) in [5, 5.41) is 13.5. The normalized spacial score (nSPS) is 10.6. The van der Waals surface area contributed by atoms with Crippen LogP contribution in [0, 0.1) is 17.0 Å². The summed E-state index contributed by atoms with van der Waals surface area (Å²) >= 11 is 5.97. The average molecular weight is 378 g/mol. The molecule has 2 aromatic rings. The fraction of sp³-hybridized carbons (Fsp3) is 0.278. The van der Waals surface area contributed by atoms with Crippen LogP contribution in [0.25, 0.3) is 0 Å². The van der Waals surface area contributed by atoms with Crippen LogP contribution >= 0.6 is 11.6 Å². The quantitative estimate of drug-likeness (QED) is 0.562. The number of nitro benzene ring substituents is 1. The molecule has 8 heteroatoms. The first-order valence-corrected chi connectivity index (χ1v) is 8.35. The highest BCUT2D eigenvalue weighted by Gasteiger charge is 2.12. The zero-order chi connectivity index (χ0) is 19.1. The van der Waals surface area contributed by atoms with Gasteiger partial charge in [0.05, 0.1) is 22.2 Å². The molecular weight excluding hydrogens is 358 g/mol. The van der Waals surface area contributed by atoms with Crippen molar-refractivity contribution in [1.82, 2.24) is 4.90 Å². The number of hydrogen-bond donors (Lipinski definition) is 1. The minimum absolute atomic E-state index is 0.123. The standard InChI is InChI=1S/C18H20ClN3O4/c1-13-4-3-5-15(10-13)26-9-8-21(2)12-18(23)20-17-7-6-14(22(24)25)11-16(17)19/h3-7,10-11H,8-9,12H2,1-2H3,(H,20,23). The van der Waals surface area contributed by atoms with Crippen molar-refractivity contribution in [3.05, 3.63) is 63.2 Å². The fourth-order valence-electron chi connectivity index (χ4n) is 2.26. The van der Waals surface area contributed by atoms with E-state index < -0.39 is 4.92 Å². The third kappa shape index (κ3) is 6.02. The first-order valence-electron chi connectivity index (χ1n) is 7.97. The van der Waals surface area contributed by atoms with Crippen LogP contribution in [-0.4, -0.2) is 42.5 Å². The lowest BCUT2D eigenvalue weighted by atomic mass is 10.2. The molecule has 26 heavy (non-hydrogen) atoms. The second kappa shape index (κ2) is 9.17. The topological polar surface area (TPSA) is 84.7 Å². The molecule has 1 N–H and O–H groups in total. The Morgan fingerprint density at radius 3 is 2.73 bits per heavy atom. The van der Waals surface area contributed by atoms with Crippen LogP contribution < -0.4 is 10.1 Å². The maximum Gasteiger partial charge on any atom is 0.271 e. The predicted octanol–water partition coefficient (Wildman–Crippen LogP) is 3.51. The number of halogens is 1. The number of nitrogens with one attached hydrogen (secondary N) is 1. The van der Waals surface area contributed by atoms with Gasteiger partial charge in [-0.3, -0.25) is 19.8 Å². The summed E-state index contributed by atoms with van der Waals surface area (Å²) in [7, 11) is 1.80. The van der Waals surface area contributed by atoms with Crippen molar-refractivity contribution in [3.8, 4) is 5.75 Å². The number of anilines is 1. The van der Waals surface area contributed by atoms with Gasteiger partial charge in [-0.05, 0) is 37.7 Å². The van der Waals surface area contributed by atoms with Gasteiger partial charge in [0.1, 0.15) is 12.4 Å². The molecular formula is C18H20ClN3O4. The van der Waals surface area contributed by atoms with E-state index in [1.54, 1.807) is 7.05 Å². The van der Waals surface area contributed by atoms with Crippen molar-refractivity contribution in [2.45, 2.75) is 6.92 Å². The Bertz CT molecular complexity index is 798. The number of nitrogens with zero attached hydrogens (tertiary/aromatic N) is 2. The lowest BCUT2D eigenvalue weighted by molar-refractivity contribution is -0.384. The Labute approximate surface area is 156 Å². The molecule has 138 valence electrons. The molecule has 0 aliphatic heterocycles. The van der Waals surface area contributed by atoms with E-state index >= 15 is 0 Å². The van der Waals surface area contributed by atoms with Crippen LogP contribution in [0.3, 0.4) is 0 Å². The molecule has 0 spiro atoms. The van der Waals surface area contributed by atoms with Crippen molar-refractivity contribution in [2.75, 3.05) is 32.1 Å². The highest BCUT2D eigenvalue weighted by atomic mass is 35.5. The smallest absolute Gasteiger partial charge is 0.271 e. The van der Waals surface area contributed by atoms with Gasteiger partial charge in [0.25, 0.3) is 5.69 Å². The van der Waals surface area contributed by atoms with Gasteiger partial charge in [0.2, 0.25) is 5.91 Å². The van der Waals surface area contributed by atoms with E-state index in [-0.39, 0.29) is 23.2 Å². The van der Waals surface area contributed by atoms with E-state index in [2.05, 4.69) is 5.32 Å². The molecule has 0 saturated heterocycles. The Kier molecular flexibility index (Phi) is 6.94. The number of non-ortho nitro benzene ring substituents is 1. The maximum atomic E-state index is 12.1. The number of amides is 1. The minimum Gasteiger partial charge on any atom is -0.492 e. The Hall–Kier alpha value is -2.64. The Morgan fingerprint density at radius 2 is 2.08 bits per heavy atom. The van der Waals surface area contributed by atoms with Gasteiger partial charge >= 0.3 is 0 Å².